The molecule has 0 fully saturated rings. The summed E-state index contributed by atoms with van der Waals surface area (Å²) in [5.74, 6) is -0.387. The molecule has 6 nitrogen and oxygen atoms in total. The van der Waals surface area contributed by atoms with Gasteiger partial charge < -0.3 is 5.32 Å². The van der Waals surface area contributed by atoms with E-state index < -0.39 is 4.92 Å². The summed E-state index contributed by atoms with van der Waals surface area (Å²) in [4.78, 5) is 26.2. The van der Waals surface area contributed by atoms with E-state index in [2.05, 4.69) is 42.2 Å². The predicted octanol–water partition coefficient (Wildman–Crippen LogP) is 3.77. The fourth-order valence-corrected chi connectivity index (χ4v) is 2.07. The van der Waals surface area contributed by atoms with Crippen molar-refractivity contribution in [3.63, 3.8) is 0 Å². The van der Waals surface area contributed by atoms with E-state index in [0.29, 0.717) is 20.3 Å². The van der Waals surface area contributed by atoms with Crippen molar-refractivity contribution in [1.29, 1.82) is 0 Å². The van der Waals surface area contributed by atoms with Gasteiger partial charge >= 0.3 is 0 Å². The number of nitrogens with zero attached hydrogens (tertiary/aromatic N) is 2. The molecule has 0 saturated carbocycles. The lowest BCUT2D eigenvalue weighted by atomic mass is 10.2. The number of carbonyl (C=O) groups excluding carboxylic acids is 1. The van der Waals surface area contributed by atoms with Crippen LogP contribution in [0.5, 0.6) is 0 Å². The van der Waals surface area contributed by atoms with Gasteiger partial charge in [-0.1, -0.05) is 0 Å². The molecule has 1 N–H and O–H groups in total. The maximum absolute atomic E-state index is 11.9. The van der Waals surface area contributed by atoms with Gasteiger partial charge in [0.25, 0.3) is 11.6 Å². The van der Waals surface area contributed by atoms with Gasteiger partial charge in [-0.3, -0.25) is 14.9 Å². The molecule has 0 atom stereocenters. The van der Waals surface area contributed by atoms with Crippen molar-refractivity contribution in [2.24, 2.45) is 0 Å². The minimum Gasteiger partial charge on any atom is -0.322 e. The number of anilines is 1. The van der Waals surface area contributed by atoms with Crippen molar-refractivity contribution in [3.8, 4) is 0 Å². The van der Waals surface area contributed by atoms with Gasteiger partial charge in [0, 0.05) is 18.0 Å². The molecule has 2 aromatic rings. The Hall–Kier alpha value is -1.80. The fourth-order valence-electron chi connectivity index (χ4n) is 1.44. The number of nitro benzene ring substituents is 1. The highest BCUT2D eigenvalue weighted by Gasteiger charge is 2.14. The number of halogens is 2. The second kappa shape index (κ2) is 6.10. The molecule has 0 spiro atoms. The van der Waals surface area contributed by atoms with Gasteiger partial charge in [0.05, 0.1) is 15.0 Å². The van der Waals surface area contributed by atoms with E-state index >= 15 is 0 Å². The van der Waals surface area contributed by atoms with Crippen LogP contribution in [0.4, 0.5) is 11.4 Å². The predicted molar refractivity (Wildman–Crippen MR) is 80.7 cm³/mol. The van der Waals surface area contributed by atoms with Crippen molar-refractivity contribution in [3.05, 3.63) is 61.3 Å². The Morgan fingerprint density at radius 1 is 1.25 bits per heavy atom. The van der Waals surface area contributed by atoms with Crippen LogP contribution in [-0.2, 0) is 0 Å². The highest BCUT2D eigenvalue weighted by molar-refractivity contribution is 9.10. The molecule has 1 amide bonds. The summed E-state index contributed by atoms with van der Waals surface area (Å²) >= 11 is 6.25. The smallest absolute Gasteiger partial charge is 0.285 e. The van der Waals surface area contributed by atoms with E-state index in [-0.39, 0.29) is 11.6 Å². The second-order valence-electron chi connectivity index (χ2n) is 3.75. The number of pyridine rings is 1. The molecule has 0 radical (unpaired) electrons. The highest BCUT2D eigenvalue weighted by Crippen LogP contribution is 2.28. The molecule has 0 aliphatic carbocycles. The van der Waals surface area contributed by atoms with Crippen LogP contribution in [0.15, 0.2) is 45.6 Å². The van der Waals surface area contributed by atoms with Crippen LogP contribution in [0.3, 0.4) is 0 Å². The zero-order chi connectivity index (χ0) is 14.7. The van der Waals surface area contributed by atoms with Gasteiger partial charge in [-0.05, 0) is 56.1 Å². The Morgan fingerprint density at radius 2 is 2.00 bits per heavy atom. The Morgan fingerprint density at radius 3 is 2.60 bits per heavy atom. The maximum Gasteiger partial charge on any atom is 0.285 e. The molecule has 0 bridgehead atoms. The van der Waals surface area contributed by atoms with Gasteiger partial charge in [-0.15, -0.1) is 0 Å². The molecule has 1 aromatic carbocycles. The fraction of sp³-hybridized carbons (Fsp3) is 0. The Labute approximate surface area is 130 Å². The third-order valence-corrected chi connectivity index (χ3v) is 3.53. The molecule has 1 aromatic heterocycles. The number of nitrogens with one attached hydrogen (secondary N) is 1. The standard InChI is InChI=1S/C12H7Br2N3O3/c13-9-3-2-8(5-10(9)17(19)20)16-12(18)7-1-4-11(14)15-6-7/h1-6H,(H,16,18). The van der Waals surface area contributed by atoms with Crippen molar-refractivity contribution in [1.82, 2.24) is 4.98 Å². The normalized spacial score (nSPS) is 10.1. The van der Waals surface area contributed by atoms with Crippen LogP contribution in [0.2, 0.25) is 0 Å². The number of benzene rings is 1. The number of aromatic nitrogens is 1. The van der Waals surface area contributed by atoms with Crippen molar-refractivity contribution >= 4 is 49.1 Å². The van der Waals surface area contributed by atoms with Crippen molar-refractivity contribution in [2.75, 3.05) is 5.32 Å². The van der Waals surface area contributed by atoms with Crippen molar-refractivity contribution < 1.29 is 9.72 Å². The Bertz CT molecular complexity index is 674. The Kier molecular flexibility index (Phi) is 4.46. The minimum atomic E-state index is -0.527. The van der Waals surface area contributed by atoms with E-state index in [1.165, 1.54) is 18.3 Å². The maximum atomic E-state index is 11.9. The number of carbonyl (C=O) groups is 1. The zero-order valence-electron chi connectivity index (χ0n) is 9.84. The van der Waals surface area contributed by atoms with Crippen molar-refractivity contribution in [2.45, 2.75) is 0 Å². The van der Waals surface area contributed by atoms with Crippen LogP contribution in [-0.4, -0.2) is 15.8 Å². The van der Waals surface area contributed by atoms with Gasteiger partial charge in [0.15, 0.2) is 0 Å². The molecule has 0 aliphatic heterocycles. The van der Waals surface area contributed by atoms with Crippen LogP contribution in [0.1, 0.15) is 10.4 Å². The summed E-state index contributed by atoms with van der Waals surface area (Å²) in [6.45, 7) is 0. The van der Waals surface area contributed by atoms with Gasteiger partial charge in [0.1, 0.15) is 4.60 Å². The first-order valence-electron chi connectivity index (χ1n) is 5.34. The van der Waals surface area contributed by atoms with Gasteiger partial charge in [-0.25, -0.2) is 4.98 Å². The monoisotopic (exact) mass is 399 g/mol. The van der Waals surface area contributed by atoms with E-state index in [1.54, 1.807) is 18.2 Å². The first-order valence-corrected chi connectivity index (χ1v) is 6.93. The van der Waals surface area contributed by atoms with Crippen LogP contribution < -0.4 is 5.32 Å². The number of hydrogen-bond acceptors (Lipinski definition) is 4. The SMILES string of the molecule is O=C(Nc1ccc(Br)c([N+](=O)[O-])c1)c1ccc(Br)nc1. The topological polar surface area (TPSA) is 85.1 Å². The summed E-state index contributed by atoms with van der Waals surface area (Å²) in [7, 11) is 0. The van der Waals surface area contributed by atoms with Crippen LogP contribution in [0, 0.1) is 10.1 Å². The molecular formula is C12H7Br2N3O3. The van der Waals surface area contributed by atoms with E-state index in [0.717, 1.165) is 0 Å². The third kappa shape index (κ3) is 3.40. The van der Waals surface area contributed by atoms with Crippen LogP contribution in [0.25, 0.3) is 0 Å². The summed E-state index contributed by atoms with van der Waals surface area (Å²) < 4.78 is 0.971. The van der Waals surface area contributed by atoms with Crippen LogP contribution >= 0.6 is 31.9 Å². The average Bonchev–Trinajstić information content (AvgIpc) is 2.41. The molecular weight excluding hydrogens is 394 g/mol. The van der Waals surface area contributed by atoms with Gasteiger partial charge in [0.2, 0.25) is 0 Å². The lowest BCUT2D eigenvalue weighted by Gasteiger charge is -2.05. The summed E-state index contributed by atoms with van der Waals surface area (Å²) in [5.41, 5.74) is 0.586. The third-order valence-electron chi connectivity index (χ3n) is 2.39. The number of nitro groups is 1. The second-order valence-corrected chi connectivity index (χ2v) is 5.41. The zero-order valence-corrected chi connectivity index (χ0v) is 13.0. The molecule has 2 rings (SSSR count). The number of hydrogen-bond donors (Lipinski definition) is 1. The Balaban J connectivity index is 2.21. The molecule has 0 unspecified atom stereocenters. The summed E-state index contributed by atoms with van der Waals surface area (Å²) in [6.07, 6.45) is 1.41. The minimum absolute atomic E-state index is 0.114. The molecule has 1 heterocycles. The summed E-state index contributed by atoms with van der Waals surface area (Å²) in [5, 5.41) is 13.4. The lowest BCUT2D eigenvalue weighted by molar-refractivity contribution is -0.385. The van der Waals surface area contributed by atoms with E-state index in [9.17, 15) is 14.9 Å². The molecule has 20 heavy (non-hydrogen) atoms. The first-order chi connectivity index (χ1) is 9.47. The highest BCUT2D eigenvalue weighted by atomic mass is 79.9. The first kappa shape index (κ1) is 14.6. The molecule has 102 valence electrons. The number of amides is 1. The lowest BCUT2D eigenvalue weighted by Crippen LogP contribution is -2.12. The summed E-state index contributed by atoms with van der Waals surface area (Å²) in [6, 6.07) is 7.60. The number of rotatable bonds is 3. The largest absolute Gasteiger partial charge is 0.322 e. The molecule has 0 saturated heterocycles. The van der Waals surface area contributed by atoms with E-state index in [1.807, 2.05) is 0 Å². The average molecular weight is 401 g/mol. The van der Waals surface area contributed by atoms with Gasteiger partial charge in [-0.2, -0.15) is 0 Å². The molecule has 0 aliphatic rings. The quantitative estimate of drug-likeness (QED) is 0.482. The van der Waals surface area contributed by atoms with E-state index in [4.69, 9.17) is 0 Å². The molecule has 8 heteroatoms.